The maximum atomic E-state index is 12.2. The Kier molecular flexibility index (Phi) is 7.06. The molecule has 0 aliphatic rings. The summed E-state index contributed by atoms with van der Waals surface area (Å²) in [7, 11) is 0. The molecule has 0 fully saturated rings. The van der Waals surface area contributed by atoms with E-state index in [9.17, 15) is 9.18 Å². The van der Waals surface area contributed by atoms with E-state index in [0.29, 0.717) is 32.3 Å². The summed E-state index contributed by atoms with van der Waals surface area (Å²) in [6.07, 6.45) is 5.71. The molecule has 101 valence electrons. The Labute approximate surface area is 106 Å². The Morgan fingerprint density at radius 2 is 2.33 bits per heavy atom. The standard InChI is InChI=1S/C13H19FNO3/c1-2-17-13(16)11(6-4-9-14)5-3-7-12-8-10-15-18-12/h8,11H,2-7,9H2,1H3. The molecule has 0 saturated heterocycles. The van der Waals surface area contributed by atoms with Gasteiger partial charge >= 0.3 is 5.97 Å². The second-order valence-corrected chi connectivity index (χ2v) is 4.09. The van der Waals surface area contributed by atoms with Crippen molar-refractivity contribution in [2.45, 2.75) is 39.0 Å². The predicted molar refractivity (Wildman–Crippen MR) is 63.6 cm³/mol. The molecule has 4 nitrogen and oxygen atoms in total. The molecule has 1 radical (unpaired) electrons. The highest BCUT2D eigenvalue weighted by Crippen LogP contribution is 2.17. The Morgan fingerprint density at radius 1 is 1.56 bits per heavy atom. The second-order valence-electron chi connectivity index (χ2n) is 4.09. The van der Waals surface area contributed by atoms with Gasteiger partial charge in [-0.3, -0.25) is 9.18 Å². The maximum absolute atomic E-state index is 12.2. The monoisotopic (exact) mass is 256 g/mol. The van der Waals surface area contributed by atoms with Crippen LogP contribution in [0.4, 0.5) is 4.39 Å². The smallest absolute Gasteiger partial charge is 0.308 e. The van der Waals surface area contributed by atoms with Gasteiger partial charge in [0.25, 0.3) is 0 Å². The summed E-state index contributed by atoms with van der Waals surface area (Å²) in [4.78, 5) is 11.7. The second kappa shape index (κ2) is 8.66. The average Bonchev–Trinajstić information content (AvgIpc) is 2.86. The van der Waals surface area contributed by atoms with Crippen molar-refractivity contribution in [3.8, 4) is 0 Å². The molecular weight excluding hydrogens is 237 g/mol. The molecule has 0 N–H and O–H groups in total. The van der Waals surface area contributed by atoms with Crippen LogP contribution in [0.5, 0.6) is 0 Å². The normalized spacial score (nSPS) is 12.3. The highest BCUT2D eigenvalue weighted by molar-refractivity contribution is 5.72. The number of rotatable bonds is 9. The van der Waals surface area contributed by atoms with E-state index in [1.807, 2.05) is 0 Å². The zero-order valence-electron chi connectivity index (χ0n) is 10.7. The molecule has 1 aromatic heterocycles. The highest BCUT2D eigenvalue weighted by Gasteiger charge is 2.19. The Bertz CT molecular complexity index is 327. The van der Waals surface area contributed by atoms with E-state index < -0.39 is 6.67 Å². The third-order valence-electron chi connectivity index (χ3n) is 2.72. The fourth-order valence-electron chi connectivity index (χ4n) is 1.81. The number of halogens is 1. The number of alkyl halides is 1. The first-order chi connectivity index (χ1) is 8.77. The van der Waals surface area contributed by atoms with Crippen molar-refractivity contribution < 1.29 is 18.4 Å². The minimum atomic E-state index is -0.396. The zero-order valence-corrected chi connectivity index (χ0v) is 10.7. The van der Waals surface area contributed by atoms with E-state index >= 15 is 0 Å². The van der Waals surface area contributed by atoms with Gasteiger partial charge in [0.05, 0.1) is 19.2 Å². The number of carbonyl (C=O) groups excluding carboxylic acids is 1. The van der Waals surface area contributed by atoms with E-state index in [2.05, 4.69) is 11.4 Å². The van der Waals surface area contributed by atoms with Crippen LogP contribution in [0.25, 0.3) is 0 Å². The number of hydrogen-bond acceptors (Lipinski definition) is 4. The fourth-order valence-corrected chi connectivity index (χ4v) is 1.81. The molecular formula is C13H19FNO3. The van der Waals surface area contributed by atoms with Crippen LogP contribution >= 0.6 is 0 Å². The Hall–Kier alpha value is -1.39. The van der Waals surface area contributed by atoms with Crippen molar-refractivity contribution in [3.05, 3.63) is 18.0 Å². The average molecular weight is 256 g/mol. The van der Waals surface area contributed by atoms with Crippen LogP contribution in [0.2, 0.25) is 0 Å². The molecule has 1 unspecified atom stereocenters. The molecule has 5 heteroatoms. The molecule has 1 rings (SSSR count). The van der Waals surface area contributed by atoms with E-state index in [1.54, 1.807) is 13.0 Å². The molecule has 0 bridgehead atoms. The lowest BCUT2D eigenvalue weighted by molar-refractivity contribution is -0.148. The minimum Gasteiger partial charge on any atom is -0.466 e. The Balaban J connectivity index is 2.32. The predicted octanol–water partition coefficient (Wildman–Crippen LogP) is 2.73. The van der Waals surface area contributed by atoms with E-state index in [4.69, 9.17) is 9.26 Å². The Morgan fingerprint density at radius 3 is 2.94 bits per heavy atom. The fraction of sp³-hybridized carbons (Fsp3) is 0.692. The number of aromatic nitrogens is 1. The van der Waals surface area contributed by atoms with Gasteiger partial charge in [-0.2, -0.15) is 0 Å². The molecule has 18 heavy (non-hydrogen) atoms. The van der Waals surface area contributed by atoms with Gasteiger partial charge in [0, 0.05) is 12.5 Å². The quantitative estimate of drug-likeness (QED) is 0.637. The van der Waals surface area contributed by atoms with E-state index in [1.165, 1.54) is 0 Å². The van der Waals surface area contributed by atoms with Crippen molar-refractivity contribution >= 4 is 5.97 Å². The lowest BCUT2D eigenvalue weighted by Crippen LogP contribution is -2.18. The van der Waals surface area contributed by atoms with Crippen LogP contribution in [-0.2, 0) is 16.0 Å². The summed E-state index contributed by atoms with van der Waals surface area (Å²) in [6, 6.07) is 1.68. The summed E-state index contributed by atoms with van der Waals surface area (Å²) in [5.74, 6) is 0.311. The molecule has 1 heterocycles. The van der Waals surface area contributed by atoms with E-state index in [0.717, 1.165) is 12.2 Å². The summed E-state index contributed by atoms with van der Waals surface area (Å²) >= 11 is 0. The van der Waals surface area contributed by atoms with Gasteiger partial charge in [-0.15, -0.1) is 0 Å². The van der Waals surface area contributed by atoms with Crippen molar-refractivity contribution in [1.82, 2.24) is 5.16 Å². The number of esters is 1. The number of ether oxygens (including phenoxy) is 1. The molecule has 1 atom stereocenters. The van der Waals surface area contributed by atoms with Crippen LogP contribution in [-0.4, -0.2) is 24.4 Å². The molecule has 0 aliphatic carbocycles. The van der Waals surface area contributed by atoms with Crippen LogP contribution < -0.4 is 0 Å². The summed E-state index contributed by atoms with van der Waals surface area (Å²) in [6.45, 7) is 1.74. The summed E-state index contributed by atoms with van der Waals surface area (Å²) in [5.41, 5.74) is 0. The molecule has 0 aromatic carbocycles. The first kappa shape index (κ1) is 14.7. The third-order valence-corrected chi connectivity index (χ3v) is 2.72. The van der Waals surface area contributed by atoms with Gasteiger partial charge in [0.15, 0.2) is 0 Å². The molecule has 0 spiro atoms. The summed E-state index contributed by atoms with van der Waals surface area (Å²) in [5, 5.41) is 3.49. The van der Waals surface area contributed by atoms with Gasteiger partial charge in [-0.1, -0.05) is 5.16 Å². The van der Waals surface area contributed by atoms with Crippen molar-refractivity contribution in [2.24, 2.45) is 5.92 Å². The van der Waals surface area contributed by atoms with Crippen LogP contribution in [0, 0.1) is 12.1 Å². The van der Waals surface area contributed by atoms with E-state index in [-0.39, 0.29) is 11.9 Å². The highest BCUT2D eigenvalue weighted by atomic mass is 19.1. The first-order valence-electron chi connectivity index (χ1n) is 6.32. The molecule has 0 aliphatic heterocycles. The lowest BCUT2D eigenvalue weighted by atomic mass is 9.96. The van der Waals surface area contributed by atoms with Gasteiger partial charge in [-0.05, 0) is 32.6 Å². The van der Waals surface area contributed by atoms with Crippen molar-refractivity contribution in [1.29, 1.82) is 0 Å². The number of carbonyl (C=O) groups is 1. The van der Waals surface area contributed by atoms with Gasteiger partial charge in [0.2, 0.25) is 0 Å². The largest absolute Gasteiger partial charge is 0.466 e. The van der Waals surface area contributed by atoms with Gasteiger partial charge in [-0.25, -0.2) is 0 Å². The maximum Gasteiger partial charge on any atom is 0.308 e. The number of nitrogens with zero attached hydrogens (tertiary/aromatic N) is 1. The van der Waals surface area contributed by atoms with Crippen LogP contribution in [0.1, 0.15) is 38.4 Å². The third kappa shape index (κ3) is 5.29. The lowest BCUT2D eigenvalue weighted by Gasteiger charge is -2.14. The van der Waals surface area contributed by atoms with Crippen LogP contribution in [0.15, 0.2) is 10.6 Å². The molecule has 1 aromatic rings. The first-order valence-corrected chi connectivity index (χ1v) is 6.32. The number of hydrogen-bond donors (Lipinski definition) is 0. The van der Waals surface area contributed by atoms with Gasteiger partial charge < -0.3 is 9.26 Å². The van der Waals surface area contributed by atoms with Crippen molar-refractivity contribution in [2.75, 3.05) is 13.3 Å². The zero-order chi connectivity index (χ0) is 13.2. The van der Waals surface area contributed by atoms with Gasteiger partial charge in [0.1, 0.15) is 12.0 Å². The molecule has 0 saturated carbocycles. The SMILES string of the molecule is CCOC(=O)C(CCCF)CCCc1c[c]no1. The molecule has 0 amide bonds. The van der Waals surface area contributed by atoms with Crippen LogP contribution in [0.3, 0.4) is 0 Å². The van der Waals surface area contributed by atoms with Crippen molar-refractivity contribution in [3.63, 3.8) is 0 Å². The number of aryl methyl sites for hydroxylation is 1. The minimum absolute atomic E-state index is 0.215. The summed E-state index contributed by atoms with van der Waals surface area (Å²) < 4.78 is 22.1. The topological polar surface area (TPSA) is 52.3 Å².